The fourth-order valence-electron chi connectivity index (χ4n) is 3.99. The summed E-state index contributed by atoms with van der Waals surface area (Å²) in [4.78, 5) is 2.61. The summed E-state index contributed by atoms with van der Waals surface area (Å²) in [5.74, 6) is 0.441. The normalized spacial score (nSPS) is 33.0. The van der Waals surface area contributed by atoms with Crippen LogP contribution in [0.25, 0.3) is 0 Å². The van der Waals surface area contributed by atoms with Gasteiger partial charge in [-0.15, -0.1) is 0 Å². The van der Waals surface area contributed by atoms with Crippen LogP contribution in [0.15, 0.2) is 30.3 Å². The van der Waals surface area contributed by atoms with E-state index in [4.69, 9.17) is 5.73 Å². The fraction of sp³-hybridized carbons (Fsp3) is 0.647. The van der Waals surface area contributed by atoms with Crippen molar-refractivity contribution in [1.29, 1.82) is 0 Å². The minimum absolute atomic E-state index is 0.0816. The van der Waals surface area contributed by atoms with Crippen LogP contribution in [0.4, 0.5) is 0 Å². The van der Waals surface area contributed by atoms with E-state index >= 15 is 0 Å². The molecule has 1 aromatic rings. The lowest BCUT2D eigenvalue weighted by atomic mass is 9.92. The molecule has 4 unspecified atom stereocenters. The Kier molecular flexibility index (Phi) is 4.11. The molecule has 110 valence electrons. The Morgan fingerprint density at radius 3 is 2.40 bits per heavy atom. The predicted octanol–water partition coefficient (Wildman–Crippen LogP) is 2.31. The second-order valence-electron chi connectivity index (χ2n) is 6.62. The molecule has 1 aromatic carbocycles. The molecule has 20 heavy (non-hydrogen) atoms. The van der Waals surface area contributed by atoms with Crippen LogP contribution >= 0.6 is 0 Å². The van der Waals surface area contributed by atoms with Crippen LogP contribution < -0.4 is 5.73 Å². The molecule has 0 aliphatic carbocycles. The summed E-state index contributed by atoms with van der Waals surface area (Å²) in [6.45, 7) is 3.31. The molecule has 0 radical (unpaired) electrons. The first kappa shape index (κ1) is 14.1. The number of nitrogens with two attached hydrogens (primary N) is 1. The minimum atomic E-state index is -0.0816. The molecule has 0 amide bonds. The molecule has 2 fully saturated rings. The van der Waals surface area contributed by atoms with Gasteiger partial charge in [-0.1, -0.05) is 37.3 Å². The average Bonchev–Trinajstić information content (AvgIpc) is 2.70. The average molecular weight is 274 g/mol. The van der Waals surface area contributed by atoms with Crippen molar-refractivity contribution in [2.75, 3.05) is 6.54 Å². The molecule has 0 aromatic heterocycles. The van der Waals surface area contributed by atoms with Crippen molar-refractivity contribution in [3.63, 3.8) is 0 Å². The van der Waals surface area contributed by atoms with E-state index in [1.54, 1.807) is 0 Å². The quantitative estimate of drug-likeness (QED) is 0.886. The van der Waals surface area contributed by atoms with Gasteiger partial charge in [0.2, 0.25) is 0 Å². The summed E-state index contributed by atoms with van der Waals surface area (Å²) in [5, 5.41) is 9.88. The number of benzene rings is 1. The Hall–Kier alpha value is -0.900. The molecule has 3 N–H and O–H groups in total. The van der Waals surface area contributed by atoms with Gasteiger partial charge in [-0.05, 0) is 37.2 Å². The zero-order valence-electron chi connectivity index (χ0n) is 12.3. The lowest BCUT2D eigenvalue weighted by Gasteiger charge is -2.39. The van der Waals surface area contributed by atoms with Crippen LogP contribution in [0.1, 0.15) is 44.2 Å². The molecule has 3 nitrogen and oxygen atoms in total. The van der Waals surface area contributed by atoms with Gasteiger partial charge in [-0.25, -0.2) is 0 Å². The van der Waals surface area contributed by atoms with Crippen molar-refractivity contribution in [2.24, 2.45) is 11.7 Å². The molecule has 2 bridgehead atoms. The van der Waals surface area contributed by atoms with Crippen LogP contribution in [0.2, 0.25) is 0 Å². The van der Waals surface area contributed by atoms with Crippen LogP contribution in [0.3, 0.4) is 0 Å². The smallest absolute Gasteiger partial charge is 0.0570 e. The van der Waals surface area contributed by atoms with E-state index in [9.17, 15) is 5.11 Å². The molecule has 2 heterocycles. The highest BCUT2D eigenvalue weighted by molar-refractivity contribution is 5.19. The third kappa shape index (κ3) is 2.76. The highest BCUT2D eigenvalue weighted by atomic mass is 16.3. The monoisotopic (exact) mass is 274 g/mol. The number of fused-ring (bicyclic) bond motifs is 2. The van der Waals surface area contributed by atoms with Gasteiger partial charge in [0.05, 0.1) is 6.10 Å². The molecule has 2 aliphatic rings. The summed E-state index contributed by atoms with van der Waals surface area (Å²) in [6.07, 6.45) is 4.30. The topological polar surface area (TPSA) is 49.5 Å². The van der Waals surface area contributed by atoms with Crippen LogP contribution in [-0.4, -0.2) is 34.7 Å². The fourth-order valence-corrected chi connectivity index (χ4v) is 3.99. The minimum Gasteiger partial charge on any atom is -0.393 e. The first-order chi connectivity index (χ1) is 9.65. The highest BCUT2D eigenvalue weighted by Gasteiger charge is 2.40. The molecule has 3 heteroatoms. The number of hydrogen-bond acceptors (Lipinski definition) is 3. The number of hydrogen-bond donors (Lipinski definition) is 2. The third-order valence-electron chi connectivity index (χ3n) is 5.16. The van der Waals surface area contributed by atoms with Gasteiger partial charge < -0.3 is 10.8 Å². The lowest BCUT2D eigenvalue weighted by molar-refractivity contribution is 0.0262. The summed E-state index contributed by atoms with van der Waals surface area (Å²) in [5.41, 5.74) is 7.64. The van der Waals surface area contributed by atoms with Gasteiger partial charge in [0.15, 0.2) is 0 Å². The zero-order chi connectivity index (χ0) is 14.1. The summed E-state index contributed by atoms with van der Waals surface area (Å²) >= 11 is 0. The first-order valence-corrected chi connectivity index (χ1v) is 7.89. The second-order valence-corrected chi connectivity index (χ2v) is 6.62. The summed E-state index contributed by atoms with van der Waals surface area (Å²) in [6, 6.07) is 11.6. The first-order valence-electron chi connectivity index (χ1n) is 7.89. The van der Waals surface area contributed by atoms with Crippen molar-refractivity contribution < 1.29 is 5.11 Å². The molecule has 4 atom stereocenters. The van der Waals surface area contributed by atoms with Gasteiger partial charge in [0.25, 0.3) is 0 Å². The van der Waals surface area contributed by atoms with E-state index in [0.29, 0.717) is 18.0 Å². The maximum absolute atomic E-state index is 9.88. The van der Waals surface area contributed by atoms with E-state index in [1.165, 1.54) is 18.4 Å². The molecule has 2 saturated heterocycles. The molecule has 3 rings (SSSR count). The van der Waals surface area contributed by atoms with E-state index in [0.717, 1.165) is 19.4 Å². The Bertz CT molecular complexity index is 422. The van der Waals surface area contributed by atoms with Crippen LogP contribution in [0.5, 0.6) is 0 Å². The van der Waals surface area contributed by atoms with Crippen LogP contribution in [-0.2, 0) is 0 Å². The second kappa shape index (κ2) is 5.84. The van der Waals surface area contributed by atoms with Gasteiger partial charge >= 0.3 is 0 Å². The zero-order valence-corrected chi connectivity index (χ0v) is 12.3. The molecule has 2 aliphatic heterocycles. The van der Waals surface area contributed by atoms with E-state index in [2.05, 4.69) is 36.1 Å². The maximum Gasteiger partial charge on any atom is 0.0570 e. The number of nitrogens with zero attached hydrogens (tertiary/aromatic N) is 1. The van der Waals surface area contributed by atoms with Crippen molar-refractivity contribution in [3.8, 4) is 0 Å². The van der Waals surface area contributed by atoms with Gasteiger partial charge in [0, 0.05) is 24.7 Å². The Labute approximate surface area is 121 Å². The van der Waals surface area contributed by atoms with Crippen molar-refractivity contribution in [3.05, 3.63) is 35.9 Å². The van der Waals surface area contributed by atoms with Crippen molar-refractivity contribution >= 4 is 0 Å². The van der Waals surface area contributed by atoms with Crippen molar-refractivity contribution in [1.82, 2.24) is 4.90 Å². The maximum atomic E-state index is 9.88. The Morgan fingerprint density at radius 1 is 1.20 bits per heavy atom. The van der Waals surface area contributed by atoms with E-state index in [-0.39, 0.29) is 12.1 Å². The lowest BCUT2D eigenvalue weighted by Crippen LogP contribution is -2.47. The standard InChI is InChI=1S/C17H26N2O/c1-12(17(18)13-5-3-2-4-6-13)11-19-14-7-8-15(19)10-16(20)9-14/h2-6,12,14-17,20H,7-11,18H2,1H3. The largest absolute Gasteiger partial charge is 0.393 e. The van der Waals surface area contributed by atoms with Gasteiger partial charge in [0.1, 0.15) is 0 Å². The van der Waals surface area contributed by atoms with Crippen molar-refractivity contribution in [2.45, 2.75) is 56.8 Å². The number of aliphatic hydroxyl groups is 1. The van der Waals surface area contributed by atoms with Crippen LogP contribution in [0, 0.1) is 5.92 Å². The summed E-state index contributed by atoms with van der Waals surface area (Å²) < 4.78 is 0. The number of piperidine rings is 1. The van der Waals surface area contributed by atoms with Gasteiger partial charge in [-0.2, -0.15) is 0 Å². The highest BCUT2D eigenvalue weighted by Crippen LogP contribution is 2.37. The molecular formula is C17H26N2O. The molecule has 0 saturated carbocycles. The number of rotatable bonds is 4. The summed E-state index contributed by atoms with van der Waals surface area (Å²) in [7, 11) is 0. The third-order valence-corrected chi connectivity index (χ3v) is 5.16. The van der Waals surface area contributed by atoms with Gasteiger partial charge in [-0.3, -0.25) is 4.90 Å². The Morgan fingerprint density at radius 2 is 1.80 bits per heavy atom. The SMILES string of the molecule is CC(CN1C2CCC1CC(O)C2)C(N)c1ccccc1. The number of aliphatic hydroxyl groups excluding tert-OH is 1. The predicted molar refractivity (Wildman–Crippen MR) is 81.3 cm³/mol. The van der Waals surface area contributed by atoms with E-state index in [1.807, 2.05) is 6.07 Å². The Balaban J connectivity index is 1.63. The molecule has 0 spiro atoms. The van der Waals surface area contributed by atoms with E-state index < -0.39 is 0 Å². The molecular weight excluding hydrogens is 248 g/mol.